The van der Waals surface area contributed by atoms with E-state index in [1.165, 1.54) is 23.5 Å². The summed E-state index contributed by atoms with van der Waals surface area (Å²) in [7, 11) is 0. The van der Waals surface area contributed by atoms with Crippen LogP contribution in [0.25, 0.3) is 10.6 Å². The number of benzene rings is 3. The van der Waals surface area contributed by atoms with Crippen molar-refractivity contribution in [1.82, 2.24) is 4.98 Å². The van der Waals surface area contributed by atoms with Gasteiger partial charge in [0.05, 0.1) is 11.3 Å². The maximum absolute atomic E-state index is 13.0. The van der Waals surface area contributed by atoms with Crippen molar-refractivity contribution >= 4 is 29.1 Å². The fourth-order valence-corrected chi connectivity index (χ4v) is 6.42. The molecule has 0 saturated heterocycles. The first-order valence-electron chi connectivity index (χ1n) is 11.4. The maximum atomic E-state index is 13.0. The van der Waals surface area contributed by atoms with Crippen molar-refractivity contribution < 1.29 is 27.8 Å². The van der Waals surface area contributed by atoms with Crippen LogP contribution in [0.4, 0.5) is 13.2 Å². The summed E-state index contributed by atoms with van der Waals surface area (Å²) in [6.45, 7) is 3.39. The van der Waals surface area contributed by atoms with Crippen molar-refractivity contribution in [3.63, 3.8) is 0 Å². The number of alkyl halides is 3. The van der Waals surface area contributed by atoms with E-state index < -0.39 is 24.3 Å². The molecule has 4 nitrogen and oxygen atoms in total. The Morgan fingerprint density at radius 2 is 1.76 bits per heavy atom. The molecule has 0 fully saturated rings. The van der Waals surface area contributed by atoms with Crippen LogP contribution in [0.3, 0.4) is 0 Å². The van der Waals surface area contributed by atoms with Crippen molar-refractivity contribution in [2.24, 2.45) is 0 Å². The van der Waals surface area contributed by atoms with E-state index in [0.29, 0.717) is 16.3 Å². The molecule has 0 aliphatic heterocycles. The number of carboxylic acids is 1. The number of thiazole rings is 1. The molecule has 0 unspecified atom stereocenters. The fourth-order valence-electron chi connectivity index (χ4n) is 3.81. The monoisotopic (exact) mass is 543 g/mol. The van der Waals surface area contributed by atoms with Gasteiger partial charge in [-0.3, -0.25) is 0 Å². The van der Waals surface area contributed by atoms with Gasteiger partial charge in [0.2, 0.25) is 0 Å². The standard InChI is InChI=1S/C28H24F3NO3S2/c1-17-14-22(12-13-23(17)35-16-25(33)34)36-24(15-19-6-4-3-5-7-19)26-18(2)32-27(37-26)20-8-10-21(11-9-20)28(29,30)31/h3-14,24H,15-16H2,1-2H3,(H,33,34)/t24-/m0/s1. The van der Waals surface area contributed by atoms with E-state index in [9.17, 15) is 18.0 Å². The summed E-state index contributed by atoms with van der Waals surface area (Å²) in [5, 5.41) is 9.56. The Labute approximate surface area is 221 Å². The van der Waals surface area contributed by atoms with Crippen LogP contribution in [0.15, 0.2) is 77.7 Å². The van der Waals surface area contributed by atoms with Crippen LogP contribution in [-0.4, -0.2) is 22.7 Å². The Morgan fingerprint density at radius 1 is 1.05 bits per heavy atom. The van der Waals surface area contributed by atoms with Gasteiger partial charge < -0.3 is 9.84 Å². The molecule has 192 valence electrons. The van der Waals surface area contributed by atoms with E-state index in [1.54, 1.807) is 17.8 Å². The molecule has 4 aromatic rings. The lowest BCUT2D eigenvalue weighted by Crippen LogP contribution is -2.10. The van der Waals surface area contributed by atoms with E-state index >= 15 is 0 Å². The number of thioether (sulfide) groups is 1. The highest BCUT2D eigenvalue weighted by Crippen LogP contribution is 2.44. The molecule has 0 aliphatic carbocycles. The Morgan fingerprint density at radius 3 is 2.38 bits per heavy atom. The molecular weight excluding hydrogens is 519 g/mol. The highest BCUT2D eigenvalue weighted by atomic mass is 32.2. The third-order valence-electron chi connectivity index (χ3n) is 5.62. The minimum absolute atomic E-state index is 0.00767. The second-order valence-corrected chi connectivity index (χ2v) is 10.8. The first-order chi connectivity index (χ1) is 17.6. The molecule has 1 N–H and O–H groups in total. The number of carbonyl (C=O) groups is 1. The molecule has 0 amide bonds. The summed E-state index contributed by atoms with van der Waals surface area (Å²) in [6.07, 6.45) is -3.65. The van der Waals surface area contributed by atoms with Crippen LogP contribution in [-0.2, 0) is 17.4 Å². The largest absolute Gasteiger partial charge is 0.482 e. The first kappa shape index (κ1) is 26.8. The zero-order valence-corrected chi connectivity index (χ0v) is 21.7. The van der Waals surface area contributed by atoms with E-state index in [-0.39, 0.29) is 5.25 Å². The highest BCUT2D eigenvalue weighted by Gasteiger charge is 2.30. The highest BCUT2D eigenvalue weighted by molar-refractivity contribution is 7.99. The smallest absolute Gasteiger partial charge is 0.416 e. The van der Waals surface area contributed by atoms with Gasteiger partial charge in [0.25, 0.3) is 0 Å². The van der Waals surface area contributed by atoms with E-state index in [1.807, 2.05) is 44.2 Å². The van der Waals surface area contributed by atoms with Gasteiger partial charge in [-0.05, 0) is 61.7 Å². The maximum Gasteiger partial charge on any atom is 0.416 e. The topological polar surface area (TPSA) is 59.4 Å². The number of aryl methyl sites for hydroxylation is 2. The Hall–Kier alpha value is -3.30. The van der Waals surface area contributed by atoms with Gasteiger partial charge in [0.15, 0.2) is 6.61 Å². The molecule has 3 aromatic carbocycles. The molecule has 0 saturated carbocycles. The third-order valence-corrected chi connectivity index (χ3v) is 8.31. The zero-order valence-electron chi connectivity index (χ0n) is 20.1. The SMILES string of the molecule is Cc1cc(S[C@@H](Cc2ccccc2)c2sc(-c3ccc(C(F)(F)F)cc3)nc2C)ccc1OCC(=O)O. The number of hydrogen-bond donors (Lipinski definition) is 1. The molecule has 1 aromatic heterocycles. The molecule has 0 radical (unpaired) electrons. The number of rotatable bonds is 9. The number of aliphatic carboxylic acids is 1. The van der Waals surface area contributed by atoms with Gasteiger partial charge in [-0.15, -0.1) is 23.1 Å². The molecule has 37 heavy (non-hydrogen) atoms. The van der Waals surface area contributed by atoms with Crippen LogP contribution >= 0.6 is 23.1 Å². The van der Waals surface area contributed by atoms with Crippen molar-refractivity contribution in [3.05, 3.63) is 100 Å². The number of hydrogen-bond acceptors (Lipinski definition) is 5. The van der Waals surface area contributed by atoms with Crippen molar-refractivity contribution in [2.75, 3.05) is 6.61 Å². The molecule has 1 atom stereocenters. The summed E-state index contributed by atoms with van der Waals surface area (Å²) >= 11 is 3.15. The van der Waals surface area contributed by atoms with Gasteiger partial charge in [0.1, 0.15) is 10.8 Å². The summed E-state index contributed by atoms with van der Waals surface area (Å²) in [6, 6.07) is 20.8. The van der Waals surface area contributed by atoms with E-state index in [0.717, 1.165) is 45.1 Å². The fraction of sp³-hybridized carbons (Fsp3) is 0.214. The minimum Gasteiger partial charge on any atom is -0.482 e. The minimum atomic E-state index is -4.38. The Kier molecular flexibility index (Phi) is 8.24. The summed E-state index contributed by atoms with van der Waals surface area (Å²) < 4.78 is 44.3. The average Bonchev–Trinajstić information content (AvgIpc) is 3.25. The third kappa shape index (κ3) is 6.93. The van der Waals surface area contributed by atoms with Gasteiger partial charge in [-0.25, -0.2) is 9.78 Å². The quantitative estimate of drug-likeness (QED) is 0.217. The summed E-state index contributed by atoms with van der Waals surface area (Å²) in [5.41, 5.74) is 2.78. The van der Waals surface area contributed by atoms with Crippen molar-refractivity contribution in [1.29, 1.82) is 0 Å². The Bertz CT molecular complexity index is 1370. The summed E-state index contributed by atoms with van der Waals surface area (Å²) in [5.74, 6) is -0.518. The van der Waals surface area contributed by atoms with Crippen molar-refractivity contribution in [3.8, 4) is 16.3 Å². The summed E-state index contributed by atoms with van der Waals surface area (Å²) in [4.78, 5) is 17.6. The van der Waals surface area contributed by atoms with Crippen LogP contribution in [0.2, 0.25) is 0 Å². The van der Waals surface area contributed by atoms with E-state index in [4.69, 9.17) is 14.8 Å². The van der Waals surface area contributed by atoms with E-state index in [2.05, 4.69) is 12.1 Å². The number of aromatic nitrogens is 1. The number of nitrogens with zero attached hydrogens (tertiary/aromatic N) is 1. The zero-order chi connectivity index (χ0) is 26.6. The lowest BCUT2D eigenvalue weighted by atomic mass is 10.1. The van der Waals surface area contributed by atoms with Gasteiger partial charge in [0, 0.05) is 20.6 Å². The first-order valence-corrected chi connectivity index (χ1v) is 13.1. The van der Waals surface area contributed by atoms with Gasteiger partial charge in [-0.2, -0.15) is 13.2 Å². The molecular formula is C28H24F3NO3S2. The van der Waals surface area contributed by atoms with Gasteiger partial charge >= 0.3 is 12.1 Å². The number of ether oxygens (including phenoxy) is 1. The lowest BCUT2D eigenvalue weighted by Gasteiger charge is -2.17. The molecule has 4 rings (SSSR count). The second-order valence-electron chi connectivity index (χ2n) is 8.45. The molecule has 0 bridgehead atoms. The molecule has 1 heterocycles. The van der Waals surface area contributed by atoms with Crippen LogP contribution in [0.5, 0.6) is 5.75 Å². The predicted octanol–water partition coefficient (Wildman–Crippen LogP) is 7.99. The average molecular weight is 544 g/mol. The molecule has 9 heteroatoms. The second kappa shape index (κ2) is 11.4. The van der Waals surface area contributed by atoms with Crippen LogP contribution in [0, 0.1) is 13.8 Å². The Balaban J connectivity index is 1.63. The normalized spacial score (nSPS) is 12.4. The molecule has 0 aliphatic rings. The molecule has 0 spiro atoms. The predicted molar refractivity (Wildman–Crippen MR) is 140 cm³/mol. The van der Waals surface area contributed by atoms with Crippen LogP contribution in [0.1, 0.15) is 32.5 Å². The number of carboxylic acid groups (broad SMARTS) is 1. The van der Waals surface area contributed by atoms with Crippen LogP contribution < -0.4 is 4.74 Å². The van der Waals surface area contributed by atoms with Crippen molar-refractivity contribution in [2.45, 2.75) is 36.6 Å². The lowest BCUT2D eigenvalue weighted by molar-refractivity contribution is -0.139. The van der Waals surface area contributed by atoms with Gasteiger partial charge in [-0.1, -0.05) is 42.5 Å². The number of halogens is 3.